The SMILES string of the molecule is COc1c(C)cc(C(=O)N2CC3CCC(N)C3C2)cc1C. The van der Waals surface area contributed by atoms with Crippen LogP contribution in [0.5, 0.6) is 5.75 Å². The number of likely N-dealkylation sites (tertiary alicyclic amines) is 1. The summed E-state index contributed by atoms with van der Waals surface area (Å²) in [4.78, 5) is 14.7. The Kier molecular flexibility index (Phi) is 3.66. The van der Waals surface area contributed by atoms with Gasteiger partial charge in [-0.15, -0.1) is 0 Å². The van der Waals surface area contributed by atoms with Crippen LogP contribution in [-0.2, 0) is 0 Å². The van der Waals surface area contributed by atoms with Gasteiger partial charge >= 0.3 is 0 Å². The van der Waals surface area contributed by atoms with Crippen LogP contribution in [0.4, 0.5) is 0 Å². The van der Waals surface area contributed by atoms with Gasteiger partial charge in [-0.1, -0.05) is 0 Å². The number of carbonyl (C=O) groups is 1. The average molecular weight is 288 g/mol. The molecule has 1 aromatic carbocycles. The molecule has 1 saturated carbocycles. The van der Waals surface area contributed by atoms with Crippen LogP contribution in [-0.4, -0.2) is 37.0 Å². The fourth-order valence-corrected chi connectivity index (χ4v) is 4.05. The number of methoxy groups -OCH3 is 1. The topological polar surface area (TPSA) is 55.6 Å². The molecule has 1 heterocycles. The molecule has 1 aromatic rings. The Hall–Kier alpha value is -1.55. The molecule has 0 aromatic heterocycles. The van der Waals surface area contributed by atoms with Gasteiger partial charge in [0.1, 0.15) is 5.75 Å². The van der Waals surface area contributed by atoms with Gasteiger partial charge in [-0.25, -0.2) is 0 Å². The number of fused-ring (bicyclic) bond motifs is 1. The van der Waals surface area contributed by atoms with Crippen molar-refractivity contribution in [3.63, 3.8) is 0 Å². The summed E-state index contributed by atoms with van der Waals surface area (Å²) in [5.41, 5.74) is 8.94. The van der Waals surface area contributed by atoms with Gasteiger partial charge in [0.05, 0.1) is 7.11 Å². The van der Waals surface area contributed by atoms with Crippen LogP contribution < -0.4 is 10.5 Å². The van der Waals surface area contributed by atoms with Gasteiger partial charge in [0.2, 0.25) is 0 Å². The quantitative estimate of drug-likeness (QED) is 0.907. The number of amides is 1. The van der Waals surface area contributed by atoms with Crippen LogP contribution in [0.3, 0.4) is 0 Å². The first-order valence-electron chi connectivity index (χ1n) is 7.71. The molecule has 3 rings (SSSR count). The van der Waals surface area contributed by atoms with E-state index in [0.717, 1.165) is 48.4 Å². The highest BCUT2D eigenvalue weighted by Crippen LogP contribution is 2.37. The molecule has 1 saturated heterocycles. The molecule has 0 spiro atoms. The summed E-state index contributed by atoms with van der Waals surface area (Å²) in [6.07, 6.45) is 2.27. The summed E-state index contributed by atoms with van der Waals surface area (Å²) in [5, 5.41) is 0. The van der Waals surface area contributed by atoms with E-state index in [4.69, 9.17) is 10.5 Å². The van der Waals surface area contributed by atoms with Gasteiger partial charge in [0.25, 0.3) is 5.91 Å². The molecule has 21 heavy (non-hydrogen) atoms. The lowest BCUT2D eigenvalue weighted by molar-refractivity contribution is 0.0779. The van der Waals surface area contributed by atoms with Gasteiger partial charge in [0.15, 0.2) is 0 Å². The maximum Gasteiger partial charge on any atom is 0.253 e. The van der Waals surface area contributed by atoms with Crippen molar-refractivity contribution in [1.29, 1.82) is 0 Å². The molecule has 0 bridgehead atoms. The maximum atomic E-state index is 12.7. The molecule has 3 atom stereocenters. The van der Waals surface area contributed by atoms with Crippen LogP contribution in [0.1, 0.15) is 34.3 Å². The number of nitrogens with two attached hydrogens (primary N) is 1. The Balaban J connectivity index is 1.80. The van der Waals surface area contributed by atoms with E-state index in [1.54, 1.807) is 7.11 Å². The molecule has 2 fully saturated rings. The molecule has 4 nitrogen and oxygen atoms in total. The van der Waals surface area contributed by atoms with Gasteiger partial charge < -0.3 is 15.4 Å². The molecule has 2 aliphatic rings. The lowest BCUT2D eigenvalue weighted by Gasteiger charge is -2.20. The highest BCUT2D eigenvalue weighted by molar-refractivity contribution is 5.95. The number of ether oxygens (including phenoxy) is 1. The summed E-state index contributed by atoms with van der Waals surface area (Å²) < 4.78 is 5.37. The lowest BCUT2D eigenvalue weighted by atomic mass is 9.98. The fourth-order valence-electron chi connectivity index (χ4n) is 4.05. The third-order valence-corrected chi connectivity index (χ3v) is 5.11. The maximum absolute atomic E-state index is 12.7. The molecule has 114 valence electrons. The lowest BCUT2D eigenvalue weighted by Crippen LogP contribution is -2.33. The van der Waals surface area contributed by atoms with Gasteiger partial charge in [-0.05, 0) is 61.8 Å². The number of nitrogens with zero attached hydrogens (tertiary/aromatic N) is 1. The van der Waals surface area contributed by atoms with Crippen LogP contribution in [0.25, 0.3) is 0 Å². The van der Waals surface area contributed by atoms with Crippen LogP contribution in [0.15, 0.2) is 12.1 Å². The molecular weight excluding hydrogens is 264 g/mol. The number of hydrogen-bond acceptors (Lipinski definition) is 3. The molecule has 1 aliphatic heterocycles. The predicted octanol–water partition coefficient (Wildman–Crippen LogP) is 2.12. The van der Waals surface area contributed by atoms with Crippen molar-refractivity contribution < 1.29 is 9.53 Å². The number of rotatable bonds is 2. The second-order valence-electron chi connectivity index (χ2n) is 6.52. The summed E-state index contributed by atoms with van der Waals surface area (Å²) in [7, 11) is 1.67. The third-order valence-electron chi connectivity index (χ3n) is 5.11. The molecule has 3 unspecified atom stereocenters. The predicted molar refractivity (Wildman–Crippen MR) is 82.6 cm³/mol. The Morgan fingerprint density at radius 1 is 1.24 bits per heavy atom. The number of carbonyl (C=O) groups excluding carboxylic acids is 1. The van der Waals surface area contributed by atoms with E-state index in [9.17, 15) is 4.79 Å². The number of benzene rings is 1. The van der Waals surface area contributed by atoms with Crippen molar-refractivity contribution in [3.8, 4) is 5.75 Å². The highest BCUT2D eigenvalue weighted by atomic mass is 16.5. The average Bonchev–Trinajstić information content (AvgIpc) is 3.00. The van der Waals surface area contributed by atoms with Crippen molar-refractivity contribution >= 4 is 5.91 Å². The summed E-state index contributed by atoms with van der Waals surface area (Å²) in [6, 6.07) is 4.14. The normalized spacial score (nSPS) is 27.8. The third kappa shape index (κ3) is 2.42. The first kappa shape index (κ1) is 14.4. The molecule has 4 heteroatoms. The van der Waals surface area contributed by atoms with Gasteiger partial charge in [0, 0.05) is 24.7 Å². The number of hydrogen-bond donors (Lipinski definition) is 1. The summed E-state index contributed by atoms with van der Waals surface area (Å²) in [6.45, 7) is 5.64. The highest BCUT2D eigenvalue weighted by Gasteiger charge is 2.42. The second kappa shape index (κ2) is 5.34. The van der Waals surface area contributed by atoms with Crippen LogP contribution in [0.2, 0.25) is 0 Å². The zero-order valence-corrected chi connectivity index (χ0v) is 13.1. The minimum Gasteiger partial charge on any atom is -0.496 e. The Labute approximate surface area is 126 Å². The largest absolute Gasteiger partial charge is 0.496 e. The molecule has 2 N–H and O–H groups in total. The van der Waals surface area contributed by atoms with Crippen molar-refractivity contribution in [2.45, 2.75) is 32.7 Å². The molecule has 1 aliphatic carbocycles. The minimum absolute atomic E-state index is 0.130. The van der Waals surface area contributed by atoms with E-state index in [2.05, 4.69) is 0 Å². The number of aryl methyl sites for hydroxylation is 2. The van der Waals surface area contributed by atoms with Gasteiger partial charge in [-0.3, -0.25) is 4.79 Å². The standard InChI is InChI=1S/C17H24N2O2/c1-10-6-13(7-11(2)16(10)21-3)17(20)19-8-12-4-5-15(18)14(12)9-19/h6-7,12,14-15H,4-5,8-9,18H2,1-3H3. The first-order chi connectivity index (χ1) is 10.0. The summed E-state index contributed by atoms with van der Waals surface area (Å²) in [5.74, 6) is 2.09. The Morgan fingerprint density at radius 2 is 1.90 bits per heavy atom. The molecule has 1 amide bonds. The van der Waals surface area contributed by atoms with Crippen LogP contribution >= 0.6 is 0 Å². The van der Waals surface area contributed by atoms with E-state index in [0.29, 0.717) is 11.8 Å². The molecule has 0 radical (unpaired) electrons. The fraction of sp³-hybridized carbons (Fsp3) is 0.588. The van der Waals surface area contributed by atoms with Crippen molar-refractivity contribution in [2.75, 3.05) is 20.2 Å². The van der Waals surface area contributed by atoms with Crippen LogP contribution in [0, 0.1) is 25.7 Å². The first-order valence-corrected chi connectivity index (χ1v) is 7.71. The zero-order chi connectivity index (χ0) is 15.1. The summed E-state index contributed by atoms with van der Waals surface area (Å²) >= 11 is 0. The molecular formula is C17H24N2O2. The van der Waals surface area contributed by atoms with E-state index in [1.165, 1.54) is 0 Å². The minimum atomic E-state index is 0.130. The second-order valence-corrected chi connectivity index (χ2v) is 6.52. The monoisotopic (exact) mass is 288 g/mol. The Morgan fingerprint density at radius 3 is 2.48 bits per heavy atom. The van der Waals surface area contributed by atoms with Crippen molar-refractivity contribution in [2.24, 2.45) is 17.6 Å². The smallest absolute Gasteiger partial charge is 0.253 e. The van der Waals surface area contributed by atoms with Crippen molar-refractivity contribution in [3.05, 3.63) is 28.8 Å². The zero-order valence-electron chi connectivity index (χ0n) is 13.1. The van der Waals surface area contributed by atoms with Crippen molar-refractivity contribution in [1.82, 2.24) is 4.90 Å². The van der Waals surface area contributed by atoms with E-state index in [1.807, 2.05) is 30.9 Å². The Bertz CT molecular complexity index is 547. The van der Waals surface area contributed by atoms with E-state index in [-0.39, 0.29) is 11.9 Å². The van der Waals surface area contributed by atoms with E-state index >= 15 is 0 Å². The van der Waals surface area contributed by atoms with E-state index < -0.39 is 0 Å². The van der Waals surface area contributed by atoms with Gasteiger partial charge in [-0.2, -0.15) is 0 Å².